The normalized spacial score (nSPS) is 9.65. The van der Waals surface area contributed by atoms with Crippen LogP contribution in [0.25, 0.3) is 11.1 Å². The number of nitrogens with zero attached hydrogens (tertiary/aromatic N) is 1. The Bertz CT molecular complexity index is 670. The number of fused-ring (bicyclic) bond motifs is 1. The molecule has 20 heavy (non-hydrogen) atoms. The Labute approximate surface area is 117 Å². The zero-order chi connectivity index (χ0) is 14.5. The summed E-state index contributed by atoms with van der Waals surface area (Å²) in [5.74, 6) is 2.45. The van der Waals surface area contributed by atoms with E-state index >= 15 is 0 Å². The number of benzene rings is 1. The predicted octanol–water partition coefficient (Wildman–Crippen LogP) is 2.10. The highest BCUT2D eigenvalue weighted by molar-refractivity contribution is 5.98. The lowest BCUT2D eigenvalue weighted by Crippen LogP contribution is -2.20. The van der Waals surface area contributed by atoms with Gasteiger partial charge < -0.3 is 10.1 Å². The van der Waals surface area contributed by atoms with Gasteiger partial charge in [-0.25, -0.2) is 4.98 Å². The van der Waals surface area contributed by atoms with E-state index in [0.29, 0.717) is 11.3 Å². The number of pyridine rings is 1. The first-order valence-corrected chi connectivity index (χ1v) is 6.03. The number of hydrogen-bond acceptors (Lipinski definition) is 3. The van der Waals surface area contributed by atoms with E-state index in [1.54, 1.807) is 6.07 Å². The molecule has 100 valence electrons. The monoisotopic (exact) mass is 266 g/mol. The Hall–Kier alpha value is -2.80. The molecule has 1 aromatic heterocycles. The summed E-state index contributed by atoms with van der Waals surface area (Å²) in [6.07, 6.45) is 6.72. The highest BCUT2D eigenvalue weighted by Crippen LogP contribution is 2.32. The van der Waals surface area contributed by atoms with E-state index in [9.17, 15) is 4.79 Å². The van der Waals surface area contributed by atoms with E-state index in [1.807, 2.05) is 0 Å². The lowest BCUT2D eigenvalue weighted by molar-refractivity contribution is 0.0959. The van der Waals surface area contributed by atoms with Crippen molar-refractivity contribution in [3.63, 3.8) is 0 Å². The largest absolute Gasteiger partial charge is 0.496 e. The summed E-state index contributed by atoms with van der Waals surface area (Å²) in [6.45, 7) is 0. The number of aromatic nitrogens is 1. The van der Waals surface area contributed by atoms with Gasteiger partial charge in [0.1, 0.15) is 17.0 Å². The van der Waals surface area contributed by atoms with Gasteiger partial charge in [0, 0.05) is 13.2 Å². The van der Waals surface area contributed by atoms with Gasteiger partial charge in [-0.05, 0) is 29.2 Å². The zero-order valence-electron chi connectivity index (χ0n) is 11.3. The summed E-state index contributed by atoms with van der Waals surface area (Å²) in [7, 11) is 3.00. The smallest absolute Gasteiger partial charge is 0.257 e. The molecular formula is C16H14N2O2. The van der Waals surface area contributed by atoms with Crippen molar-refractivity contribution in [2.75, 3.05) is 14.2 Å². The Kier molecular flexibility index (Phi) is 4.02. The van der Waals surface area contributed by atoms with Crippen molar-refractivity contribution in [2.24, 2.45) is 0 Å². The van der Waals surface area contributed by atoms with Crippen LogP contribution in [-0.2, 0) is 0 Å². The first-order chi connectivity index (χ1) is 9.71. The van der Waals surface area contributed by atoms with Gasteiger partial charge in [-0.15, -0.1) is 6.42 Å². The maximum Gasteiger partial charge on any atom is 0.257 e. The van der Waals surface area contributed by atoms with Gasteiger partial charge in [-0.3, -0.25) is 4.79 Å². The third-order valence-electron chi connectivity index (χ3n) is 2.84. The van der Waals surface area contributed by atoms with Crippen LogP contribution >= 0.6 is 0 Å². The standard InChI is InChI=1S/C10H10N2O2.C6H4/c1-4-7-9(10(13)11-2)8(14-3)5-6-12-7;1-2-5-4-6(5)3-1/h1,5-6H,2-3H3,(H,11,13);1-4H. The van der Waals surface area contributed by atoms with Crippen LogP contribution in [-0.4, -0.2) is 25.0 Å². The molecule has 2 aliphatic rings. The molecule has 1 heterocycles. The zero-order valence-corrected chi connectivity index (χ0v) is 11.3. The number of amides is 1. The molecule has 0 fully saturated rings. The number of carbonyl (C=O) groups excluding carboxylic acids is 1. The highest BCUT2D eigenvalue weighted by atomic mass is 16.5. The molecule has 0 saturated heterocycles. The summed E-state index contributed by atoms with van der Waals surface area (Å²) < 4.78 is 5.01. The third kappa shape index (κ3) is 2.78. The number of carbonyl (C=O) groups is 1. The minimum Gasteiger partial charge on any atom is -0.496 e. The second-order valence-electron chi connectivity index (χ2n) is 4.04. The number of terminal acetylenes is 1. The van der Waals surface area contributed by atoms with Crippen LogP contribution in [0.4, 0.5) is 0 Å². The second kappa shape index (κ2) is 5.89. The number of rotatable bonds is 2. The molecule has 0 aliphatic heterocycles. The van der Waals surface area contributed by atoms with E-state index in [2.05, 4.69) is 40.5 Å². The van der Waals surface area contributed by atoms with E-state index < -0.39 is 0 Å². The van der Waals surface area contributed by atoms with Crippen LogP contribution in [0.3, 0.4) is 0 Å². The van der Waals surface area contributed by atoms with Gasteiger partial charge in [0.25, 0.3) is 5.91 Å². The maximum atomic E-state index is 11.4. The predicted molar refractivity (Wildman–Crippen MR) is 77.6 cm³/mol. The van der Waals surface area contributed by atoms with Gasteiger partial charge in [0.05, 0.1) is 7.11 Å². The average molecular weight is 266 g/mol. The van der Waals surface area contributed by atoms with Crippen molar-refractivity contribution in [1.29, 1.82) is 0 Å². The lowest BCUT2D eigenvalue weighted by Gasteiger charge is -2.07. The molecule has 0 spiro atoms. The van der Waals surface area contributed by atoms with Crippen molar-refractivity contribution in [1.82, 2.24) is 10.3 Å². The quantitative estimate of drug-likeness (QED) is 0.723. The van der Waals surface area contributed by atoms with E-state index in [-0.39, 0.29) is 11.6 Å². The molecule has 1 aromatic rings. The van der Waals surface area contributed by atoms with Crippen molar-refractivity contribution >= 4 is 5.91 Å². The molecule has 3 rings (SSSR count). The minimum atomic E-state index is -0.303. The van der Waals surface area contributed by atoms with Gasteiger partial charge in [0.2, 0.25) is 0 Å². The molecule has 1 N–H and O–H groups in total. The molecule has 4 nitrogen and oxygen atoms in total. The number of ether oxygens (including phenoxy) is 1. The lowest BCUT2D eigenvalue weighted by atomic mass is 10.1. The topological polar surface area (TPSA) is 51.2 Å². The van der Waals surface area contributed by atoms with Crippen molar-refractivity contribution in [3.8, 4) is 29.2 Å². The van der Waals surface area contributed by atoms with Gasteiger partial charge in [-0.1, -0.05) is 18.2 Å². The Morgan fingerprint density at radius 2 is 2.05 bits per heavy atom. The molecule has 0 unspecified atom stereocenters. The van der Waals surface area contributed by atoms with E-state index in [1.165, 1.54) is 31.5 Å². The van der Waals surface area contributed by atoms with Crippen molar-refractivity contribution in [2.45, 2.75) is 0 Å². The van der Waals surface area contributed by atoms with E-state index in [4.69, 9.17) is 11.2 Å². The maximum absolute atomic E-state index is 11.4. The third-order valence-corrected chi connectivity index (χ3v) is 2.84. The SMILES string of the molecule is C#Cc1nccc(OC)c1C(=O)NC.c1cc2cc-2c1. The average Bonchev–Trinajstić information content (AvgIpc) is 3.11. The first kappa shape index (κ1) is 13.6. The van der Waals surface area contributed by atoms with Crippen molar-refractivity contribution in [3.05, 3.63) is 47.8 Å². The molecule has 0 bridgehead atoms. The van der Waals surface area contributed by atoms with Crippen LogP contribution in [0.2, 0.25) is 0 Å². The molecule has 0 aromatic carbocycles. The summed E-state index contributed by atoms with van der Waals surface area (Å²) in [4.78, 5) is 15.3. The van der Waals surface area contributed by atoms with Crippen molar-refractivity contribution < 1.29 is 9.53 Å². The molecule has 4 heteroatoms. The molecule has 0 radical (unpaired) electrons. The number of methoxy groups -OCH3 is 1. The molecule has 1 amide bonds. The fourth-order valence-electron chi connectivity index (χ4n) is 1.74. The molecular weight excluding hydrogens is 252 g/mol. The van der Waals surface area contributed by atoms with Gasteiger partial charge in [-0.2, -0.15) is 0 Å². The minimum absolute atomic E-state index is 0.281. The number of hydrogen-bond donors (Lipinski definition) is 1. The van der Waals surface area contributed by atoms with Crippen LogP contribution in [0.1, 0.15) is 16.1 Å². The second-order valence-corrected chi connectivity index (χ2v) is 4.04. The fourth-order valence-corrected chi connectivity index (χ4v) is 1.74. The molecule has 0 saturated carbocycles. The van der Waals surface area contributed by atoms with Gasteiger partial charge in [0.15, 0.2) is 0 Å². The summed E-state index contributed by atoms with van der Waals surface area (Å²) >= 11 is 0. The van der Waals surface area contributed by atoms with Gasteiger partial charge >= 0.3 is 0 Å². The van der Waals surface area contributed by atoms with Crippen LogP contribution < -0.4 is 10.1 Å². The Morgan fingerprint density at radius 1 is 1.35 bits per heavy atom. The van der Waals surface area contributed by atoms with Crippen LogP contribution in [0.5, 0.6) is 5.75 Å². The number of nitrogens with one attached hydrogen (secondary N) is 1. The molecule has 0 atom stereocenters. The summed E-state index contributed by atoms with van der Waals surface area (Å²) in [6, 6.07) is 10.1. The highest BCUT2D eigenvalue weighted by Gasteiger charge is 2.15. The molecule has 2 aliphatic carbocycles. The van der Waals surface area contributed by atoms with Crippen LogP contribution in [0.15, 0.2) is 36.5 Å². The summed E-state index contributed by atoms with van der Waals surface area (Å²) in [5, 5.41) is 2.48. The van der Waals surface area contributed by atoms with Crippen LogP contribution in [0, 0.1) is 12.3 Å². The summed E-state index contributed by atoms with van der Waals surface area (Å²) in [5.41, 5.74) is 3.42. The Morgan fingerprint density at radius 3 is 2.45 bits per heavy atom. The first-order valence-electron chi connectivity index (χ1n) is 6.03. The fraction of sp³-hybridized carbons (Fsp3) is 0.125. The Balaban J connectivity index is 0.000000198. The van der Waals surface area contributed by atoms with E-state index in [0.717, 1.165) is 0 Å².